The van der Waals surface area contributed by atoms with E-state index in [1.54, 1.807) is 12.4 Å². The van der Waals surface area contributed by atoms with Crippen LogP contribution < -0.4 is 11.1 Å². The first-order valence-corrected chi connectivity index (χ1v) is 5.79. The van der Waals surface area contributed by atoms with Crippen LogP contribution in [0.4, 0.5) is 5.69 Å². The third-order valence-corrected chi connectivity index (χ3v) is 3.32. The first-order chi connectivity index (χ1) is 7.79. The quantitative estimate of drug-likeness (QED) is 0.716. The molecule has 0 bridgehead atoms. The summed E-state index contributed by atoms with van der Waals surface area (Å²) in [6.07, 6.45) is 7.34. The predicted octanol–water partition coefficient (Wildman–Crippen LogP) is 1.11. The molecule has 88 valence electrons. The lowest BCUT2D eigenvalue weighted by Crippen LogP contribution is -2.29. The van der Waals surface area contributed by atoms with Crippen LogP contribution in [-0.4, -0.2) is 22.6 Å². The minimum atomic E-state index is 0.108. The molecule has 4 N–H and O–H groups in total. The molecule has 5 nitrogen and oxygen atoms in total. The fourth-order valence-electron chi connectivity index (χ4n) is 2.22. The van der Waals surface area contributed by atoms with Crippen molar-refractivity contribution in [2.24, 2.45) is 17.6 Å². The van der Waals surface area contributed by atoms with Crippen LogP contribution in [-0.2, 0) is 4.79 Å². The van der Waals surface area contributed by atoms with Gasteiger partial charge in [-0.15, -0.1) is 0 Å². The maximum atomic E-state index is 11.9. The summed E-state index contributed by atoms with van der Waals surface area (Å²) in [5, 5.41) is 9.32. The SMILES string of the molecule is NCC1CCC(C(=O)Nc2cn[nH]c2)CC1. The van der Waals surface area contributed by atoms with Crippen molar-refractivity contribution >= 4 is 11.6 Å². The van der Waals surface area contributed by atoms with Crippen LogP contribution >= 0.6 is 0 Å². The third-order valence-electron chi connectivity index (χ3n) is 3.32. The Balaban J connectivity index is 1.82. The fraction of sp³-hybridized carbons (Fsp3) is 0.636. The molecule has 0 aliphatic heterocycles. The summed E-state index contributed by atoms with van der Waals surface area (Å²) in [5.41, 5.74) is 6.36. The lowest BCUT2D eigenvalue weighted by atomic mass is 9.81. The van der Waals surface area contributed by atoms with Gasteiger partial charge in [-0.1, -0.05) is 0 Å². The maximum Gasteiger partial charge on any atom is 0.227 e. The van der Waals surface area contributed by atoms with Gasteiger partial charge in [-0.3, -0.25) is 9.89 Å². The summed E-state index contributed by atoms with van der Waals surface area (Å²) in [6, 6.07) is 0. The van der Waals surface area contributed by atoms with Gasteiger partial charge in [-0.25, -0.2) is 0 Å². The van der Waals surface area contributed by atoms with E-state index in [0.29, 0.717) is 5.92 Å². The molecule has 1 heterocycles. The second-order valence-corrected chi connectivity index (χ2v) is 4.43. The Morgan fingerprint density at radius 2 is 2.25 bits per heavy atom. The van der Waals surface area contributed by atoms with Crippen molar-refractivity contribution in [1.82, 2.24) is 10.2 Å². The Bertz CT molecular complexity index is 328. The minimum Gasteiger partial charge on any atom is -0.330 e. The average Bonchev–Trinajstić information content (AvgIpc) is 2.82. The molecule has 0 unspecified atom stereocenters. The molecule has 1 fully saturated rings. The van der Waals surface area contributed by atoms with Gasteiger partial charge in [0.1, 0.15) is 0 Å². The van der Waals surface area contributed by atoms with Crippen molar-refractivity contribution in [1.29, 1.82) is 0 Å². The summed E-state index contributed by atoms with van der Waals surface area (Å²) in [7, 11) is 0. The van der Waals surface area contributed by atoms with Gasteiger partial charge in [0.2, 0.25) is 5.91 Å². The maximum absolute atomic E-state index is 11.9. The van der Waals surface area contributed by atoms with E-state index in [2.05, 4.69) is 15.5 Å². The van der Waals surface area contributed by atoms with Crippen LogP contribution in [0.2, 0.25) is 0 Å². The molecule has 1 aliphatic carbocycles. The largest absolute Gasteiger partial charge is 0.330 e. The number of carbonyl (C=O) groups is 1. The highest BCUT2D eigenvalue weighted by Crippen LogP contribution is 2.28. The first-order valence-electron chi connectivity index (χ1n) is 5.79. The number of H-pyrrole nitrogens is 1. The molecule has 0 saturated heterocycles. The van der Waals surface area contributed by atoms with Gasteiger partial charge in [-0.05, 0) is 38.1 Å². The van der Waals surface area contributed by atoms with Crippen molar-refractivity contribution in [3.63, 3.8) is 0 Å². The number of nitrogens with zero attached hydrogens (tertiary/aromatic N) is 1. The number of aromatic amines is 1. The number of anilines is 1. The van der Waals surface area contributed by atoms with Gasteiger partial charge < -0.3 is 11.1 Å². The van der Waals surface area contributed by atoms with Crippen LogP contribution in [0.15, 0.2) is 12.4 Å². The molecular formula is C11H18N4O. The van der Waals surface area contributed by atoms with Crippen molar-refractivity contribution < 1.29 is 4.79 Å². The van der Waals surface area contributed by atoms with Crippen LogP contribution in [0.25, 0.3) is 0 Å². The van der Waals surface area contributed by atoms with Crippen molar-refractivity contribution in [2.45, 2.75) is 25.7 Å². The summed E-state index contributed by atoms with van der Waals surface area (Å²) >= 11 is 0. The van der Waals surface area contributed by atoms with Crippen molar-refractivity contribution in [3.8, 4) is 0 Å². The number of carbonyl (C=O) groups excluding carboxylic acids is 1. The number of aromatic nitrogens is 2. The zero-order valence-electron chi connectivity index (χ0n) is 9.28. The molecule has 0 radical (unpaired) electrons. The van der Waals surface area contributed by atoms with Gasteiger partial charge in [-0.2, -0.15) is 5.10 Å². The Labute approximate surface area is 94.8 Å². The second kappa shape index (κ2) is 5.12. The van der Waals surface area contributed by atoms with E-state index in [0.717, 1.165) is 37.9 Å². The molecule has 16 heavy (non-hydrogen) atoms. The molecule has 1 saturated carbocycles. The topological polar surface area (TPSA) is 83.8 Å². The van der Waals surface area contributed by atoms with E-state index < -0.39 is 0 Å². The normalized spacial score (nSPS) is 25.3. The number of hydrogen-bond acceptors (Lipinski definition) is 3. The van der Waals surface area contributed by atoms with Gasteiger partial charge >= 0.3 is 0 Å². The van der Waals surface area contributed by atoms with Gasteiger partial charge in [0, 0.05) is 12.1 Å². The van der Waals surface area contributed by atoms with Crippen LogP contribution in [0.3, 0.4) is 0 Å². The Morgan fingerprint density at radius 1 is 1.50 bits per heavy atom. The van der Waals surface area contributed by atoms with E-state index in [1.165, 1.54) is 0 Å². The minimum absolute atomic E-state index is 0.108. The molecule has 0 spiro atoms. The first kappa shape index (κ1) is 11.1. The lowest BCUT2D eigenvalue weighted by Gasteiger charge is -2.26. The number of nitrogens with one attached hydrogen (secondary N) is 2. The smallest absolute Gasteiger partial charge is 0.227 e. The average molecular weight is 222 g/mol. The highest BCUT2D eigenvalue weighted by molar-refractivity contribution is 5.92. The summed E-state index contributed by atoms with van der Waals surface area (Å²) in [4.78, 5) is 11.9. The highest BCUT2D eigenvalue weighted by atomic mass is 16.1. The fourth-order valence-corrected chi connectivity index (χ4v) is 2.22. The van der Waals surface area contributed by atoms with E-state index in [-0.39, 0.29) is 11.8 Å². The number of rotatable bonds is 3. The molecule has 0 aromatic carbocycles. The third kappa shape index (κ3) is 2.61. The van der Waals surface area contributed by atoms with Crippen LogP contribution in [0.5, 0.6) is 0 Å². The number of hydrogen-bond donors (Lipinski definition) is 3. The summed E-state index contributed by atoms with van der Waals surface area (Å²) in [6.45, 7) is 0.746. The van der Waals surface area contributed by atoms with Gasteiger partial charge in [0.15, 0.2) is 0 Å². The van der Waals surface area contributed by atoms with Crippen molar-refractivity contribution in [3.05, 3.63) is 12.4 Å². The van der Waals surface area contributed by atoms with E-state index >= 15 is 0 Å². The van der Waals surface area contributed by atoms with Gasteiger partial charge in [0.25, 0.3) is 0 Å². The zero-order valence-corrected chi connectivity index (χ0v) is 9.28. The Kier molecular flexibility index (Phi) is 3.56. The highest BCUT2D eigenvalue weighted by Gasteiger charge is 2.25. The molecule has 2 rings (SSSR count). The number of amides is 1. The standard InChI is InChI=1S/C11H18N4O/c12-5-8-1-3-9(4-2-8)11(16)15-10-6-13-14-7-10/h6-9H,1-5,12H2,(H,13,14)(H,15,16). The second-order valence-electron chi connectivity index (χ2n) is 4.43. The molecule has 1 aliphatic rings. The molecule has 1 aromatic heterocycles. The molecule has 1 aromatic rings. The lowest BCUT2D eigenvalue weighted by molar-refractivity contribution is -0.121. The zero-order chi connectivity index (χ0) is 11.4. The molecule has 5 heteroatoms. The van der Waals surface area contributed by atoms with E-state index in [4.69, 9.17) is 5.73 Å². The van der Waals surface area contributed by atoms with Crippen molar-refractivity contribution in [2.75, 3.05) is 11.9 Å². The number of nitrogens with two attached hydrogens (primary N) is 1. The predicted molar refractivity (Wildman–Crippen MR) is 61.7 cm³/mol. The molecule has 0 atom stereocenters. The Hall–Kier alpha value is -1.36. The summed E-state index contributed by atoms with van der Waals surface area (Å²) in [5.74, 6) is 0.854. The van der Waals surface area contributed by atoms with E-state index in [9.17, 15) is 4.79 Å². The molecular weight excluding hydrogens is 204 g/mol. The summed E-state index contributed by atoms with van der Waals surface area (Å²) < 4.78 is 0. The Morgan fingerprint density at radius 3 is 2.81 bits per heavy atom. The molecule has 1 amide bonds. The van der Waals surface area contributed by atoms with Crippen LogP contribution in [0.1, 0.15) is 25.7 Å². The monoisotopic (exact) mass is 222 g/mol. The van der Waals surface area contributed by atoms with Crippen LogP contribution in [0, 0.1) is 11.8 Å². The van der Waals surface area contributed by atoms with E-state index in [1.807, 2.05) is 0 Å². The van der Waals surface area contributed by atoms with Gasteiger partial charge in [0.05, 0.1) is 11.9 Å².